The van der Waals surface area contributed by atoms with Crippen molar-refractivity contribution in [1.82, 2.24) is 10.2 Å². The number of hydrogen-bond acceptors (Lipinski definition) is 3. The Labute approximate surface area is 204 Å². The van der Waals surface area contributed by atoms with Crippen LogP contribution >= 0.6 is 15.9 Å². The maximum Gasteiger partial charge on any atom is 0.261 e. The summed E-state index contributed by atoms with van der Waals surface area (Å²) in [6, 6.07) is 11.0. The second-order valence-corrected chi connectivity index (χ2v) is 10.2. The highest BCUT2D eigenvalue weighted by molar-refractivity contribution is 9.10. The molecule has 5 nitrogen and oxygen atoms in total. The topological polar surface area (TPSA) is 58.6 Å². The third kappa shape index (κ3) is 7.84. The van der Waals surface area contributed by atoms with Crippen LogP contribution in [-0.2, 0) is 21.5 Å². The van der Waals surface area contributed by atoms with Gasteiger partial charge in [-0.15, -0.1) is 0 Å². The van der Waals surface area contributed by atoms with Crippen LogP contribution in [0.2, 0.25) is 0 Å². The number of ether oxygens (including phenoxy) is 1. The van der Waals surface area contributed by atoms with E-state index in [1.165, 1.54) is 17.0 Å². The highest BCUT2D eigenvalue weighted by Gasteiger charge is 2.27. The smallest absolute Gasteiger partial charge is 0.261 e. The zero-order chi connectivity index (χ0) is 24.8. The van der Waals surface area contributed by atoms with Gasteiger partial charge in [-0.1, -0.05) is 45.9 Å². The molecule has 2 aromatic carbocycles. The highest BCUT2D eigenvalue weighted by atomic mass is 79.9. The normalized spacial score (nSPS) is 13.2. The molecule has 0 aliphatic rings. The van der Waals surface area contributed by atoms with E-state index in [0.717, 1.165) is 22.0 Å². The summed E-state index contributed by atoms with van der Waals surface area (Å²) in [6.07, 6.45) is 0.784. The Morgan fingerprint density at radius 1 is 1.12 bits per heavy atom. The van der Waals surface area contributed by atoms with E-state index in [-0.39, 0.29) is 42.2 Å². The molecule has 0 heterocycles. The standard InChI is InChI=1S/C26H34BrFN2O3/c1-7-17(2)29-25(32)18(3)30(15-19-8-11-21(28)12-9-19)24(31)16-33-23-13-10-20(14-22(23)27)26(4,5)6/h8-14,17-18H,7,15-16H2,1-6H3,(H,29,32). The van der Waals surface area contributed by atoms with Gasteiger partial charge < -0.3 is 15.0 Å². The molecule has 2 rings (SSSR count). The summed E-state index contributed by atoms with van der Waals surface area (Å²) in [5.74, 6) is -0.380. The number of rotatable bonds is 9. The lowest BCUT2D eigenvalue weighted by Gasteiger charge is -2.29. The summed E-state index contributed by atoms with van der Waals surface area (Å²) in [6.45, 7) is 11.9. The van der Waals surface area contributed by atoms with Crippen LogP contribution in [0.25, 0.3) is 0 Å². The molecule has 0 aliphatic carbocycles. The summed E-state index contributed by atoms with van der Waals surface area (Å²) in [5, 5.41) is 2.92. The van der Waals surface area contributed by atoms with Crippen LogP contribution in [0.3, 0.4) is 0 Å². The fourth-order valence-corrected chi connectivity index (χ4v) is 3.63. The Kier molecular flexibility index (Phi) is 9.46. The Hall–Kier alpha value is -2.41. The first kappa shape index (κ1) is 26.8. The lowest BCUT2D eigenvalue weighted by atomic mass is 9.87. The molecular weight excluding hydrogens is 487 g/mol. The van der Waals surface area contributed by atoms with E-state index in [1.54, 1.807) is 19.1 Å². The first-order chi connectivity index (χ1) is 15.4. The molecule has 0 aliphatic heterocycles. The molecule has 0 aromatic heterocycles. The van der Waals surface area contributed by atoms with Crippen molar-refractivity contribution in [3.05, 3.63) is 63.9 Å². The Bertz CT molecular complexity index is 957. The van der Waals surface area contributed by atoms with Crippen LogP contribution < -0.4 is 10.1 Å². The van der Waals surface area contributed by atoms with Crippen molar-refractivity contribution in [2.24, 2.45) is 0 Å². The lowest BCUT2D eigenvalue weighted by molar-refractivity contribution is -0.142. The third-order valence-electron chi connectivity index (χ3n) is 5.58. The van der Waals surface area contributed by atoms with Crippen molar-refractivity contribution in [2.75, 3.05) is 6.61 Å². The summed E-state index contributed by atoms with van der Waals surface area (Å²) in [7, 11) is 0. The van der Waals surface area contributed by atoms with Gasteiger partial charge in [-0.25, -0.2) is 4.39 Å². The summed E-state index contributed by atoms with van der Waals surface area (Å²) in [5.41, 5.74) is 1.85. The molecule has 2 aromatic rings. The van der Waals surface area contributed by atoms with Gasteiger partial charge in [0.25, 0.3) is 5.91 Å². The van der Waals surface area contributed by atoms with E-state index in [1.807, 2.05) is 32.0 Å². The minimum atomic E-state index is -0.716. The molecule has 0 radical (unpaired) electrons. The molecule has 0 spiro atoms. The maximum absolute atomic E-state index is 13.3. The predicted molar refractivity (Wildman–Crippen MR) is 133 cm³/mol. The van der Waals surface area contributed by atoms with Crippen LogP contribution in [0.1, 0.15) is 59.1 Å². The van der Waals surface area contributed by atoms with E-state index in [2.05, 4.69) is 42.0 Å². The number of hydrogen-bond donors (Lipinski definition) is 1. The van der Waals surface area contributed by atoms with Crippen molar-refractivity contribution in [3.63, 3.8) is 0 Å². The van der Waals surface area contributed by atoms with Crippen LogP contribution in [0.15, 0.2) is 46.9 Å². The van der Waals surface area contributed by atoms with Crippen LogP contribution in [0.5, 0.6) is 5.75 Å². The SMILES string of the molecule is CCC(C)NC(=O)C(C)N(Cc1ccc(F)cc1)C(=O)COc1ccc(C(C)(C)C)cc1Br. The van der Waals surface area contributed by atoms with Crippen LogP contribution in [-0.4, -0.2) is 35.4 Å². The molecule has 2 amide bonds. The second-order valence-electron chi connectivity index (χ2n) is 9.33. The minimum Gasteiger partial charge on any atom is -0.483 e. The second kappa shape index (κ2) is 11.6. The average molecular weight is 521 g/mol. The molecule has 0 saturated carbocycles. The van der Waals surface area contributed by atoms with Gasteiger partial charge in [0.1, 0.15) is 17.6 Å². The quantitative estimate of drug-likeness (QED) is 0.468. The van der Waals surface area contributed by atoms with Crippen molar-refractivity contribution in [3.8, 4) is 5.75 Å². The molecule has 0 fully saturated rings. The molecular formula is C26H34BrFN2O3. The molecule has 1 N–H and O–H groups in total. The van der Waals surface area contributed by atoms with Crippen molar-refractivity contribution in [2.45, 2.75) is 72.0 Å². The van der Waals surface area contributed by atoms with E-state index in [4.69, 9.17) is 4.74 Å². The number of nitrogens with one attached hydrogen (secondary N) is 1. The van der Waals surface area contributed by atoms with Crippen LogP contribution in [0.4, 0.5) is 4.39 Å². The van der Waals surface area contributed by atoms with Gasteiger partial charge >= 0.3 is 0 Å². The summed E-state index contributed by atoms with van der Waals surface area (Å²) < 4.78 is 19.9. The highest BCUT2D eigenvalue weighted by Crippen LogP contribution is 2.31. The monoisotopic (exact) mass is 520 g/mol. The number of halogens is 2. The van der Waals surface area contributed by atoms with Gasteiger partial charge in [0.05, 0.1) is 4.47 Å². The number of carbonyl (C=O) groups is 2. The number of carbonyl (C=O) groups excluding carboxylic acids is 2. The Morgan fingerprint density at radius 3 is 2.30 bits per heavy atom. The number of benzene rings is 2. The average Bonchev–Trinajstić information content (AvgIpc) is 2.76. The molecule has 7 heteroatoms. The molecule has 2 atom stereocenters. The van der Waals surface area contributed by atoms with Gasteiger partial charge in [-0.05, 0) is 77.0 Å². The molecule has 0 saturated heterocycles. The minimum absolute atomic E-state index is 0.00346. The van der Waals surface area contributed by atoms with Gasteiger partial charge in [0.15, 0.2) is 6.61 Å². The Morgan fingerprint density at radius 2 is 1.76 bits per heavy atom. The van der Waals surface area contributed by atoms with Crippen molar-refractivity contribution in [1.29, 1.82) is 0 Å². The van der Waals surface area contributed by atoms with E-state index >= 15 is 0 Å². The van der Waals surface area contributed by atoms with E-state index in [0.29, 0.717) is 5.75 Å². The van der Waals surface area contributed by atoms with Gasteiger partial charge in [-0.2, -0.15) is 0 Å². The first-order valence-electron chi connectivity index (χ1n) is 11.2. The van der Waals surface area contributed by atoms with Crippen LogP contribution in [0, 0.1) is 5.82 Å². The van der Waals surface area contributed by atoms with E-state index in [9.17, 15) is 14.0 Å². The Balaban J connectivity index is 2.18. The predicted octanol–water partition coefficient (Wildman–Crippen LogP) is 5.60. The maximum atomic E-state index is 13.3. The fraction of sp³-hybridized carbons (Fsp3) is 0.462. The van der Waals surface area contributed by atoms with E-state index < -0.39 is 6.04 Å². The molecule has 180 valence electrons. The first-order valence-corrected chi connectivity index (χ1v) is 12.0. The number of nitrogens with zero attached hydrogens (tertiary/aromatic N) is 1. The molecule has 0 bridgehead atoms. The third-order valence-corrected chi connectivity index (χ3v) is 6.20. The largest absolute Gasteiger partial charge is 0.483 e. The molecule has 33 heavy (non-hydrogen) atoms. The van der Waals surface area contributed by atoms with Crippen molar-refractivity contribution < 1.29 is 18.7 Å². The summed E-state index contributed by atoms with van der Waals surface area (Å²) in [4.78, 5) is 27.4. The fourth-order valence-electron chi connectivity index (χ4n) is 3.14. The molecule has 2 unspecified atom stereocenters. The van der Waals surface area contributed by atoms with Gasteiger partial charge in [0.2, 0.25) is 5.91 Å². The van der Waals surface area contributed by atoms with Crippen molar-refractivity contribution >= 4 is 27.7 Å². The number of amides is 2. The van der Waals surface area contributed by atoms with Gasteiger partial charge in [0, 0.05) is 12.6 Å². The van der Waals surface area contributed by atoms with Gasteiger partial charge in [-0.3, -0.25) is 9.59 Å². The zero-order valence-electron chi connectivity index (χ0n) is 20.2. The zero-order valence-corrected chi connectivity index (χ0v) is 21.8. The summed E-state index contributed by atoms with van der Waals surface area (Å²) >= 11 is 3.52. The lowest BCUT2D eigenvalue weighted by Crippen LogP contribution is -2.50.